The second-order valence-corrected chi connectivity index (χ2v) is 14.8. The molecule has 1 aromatic rings. The maximum Gasteiger partial charge on any atom is 0.313 e. The number of hydrogen-bond acceptors (Lipinski definition) is 3. The van der Waals surface area contributed by atoms with Gasteiger partial charge in [0.05, 0.1) is 5.92 Å². The monoisotopic (exact) mass is 404 g/mol. The van der Waals surface area contributed by atoms with Gasteiger partial charge in [-0.25, -0.2) is 0 Å². The molecule has 2 rings (SSSR count). The van der Waals surface area contributed by atoms with Gasteiger partial charge in [0, 0.05) is 0 Å². The Morgan fingerprint density at radius 2 is 1.36 bits per heavy atom. The Morgan fingerprint density at radius 3 is 1.82 bits per heavy atom. The number of rotatable bonds is 8. The van der Waals surface area contributed by atoms with E-state index in [1.54, 1.807) is 0 Å². The average Bonchev–Trinajstić information content (AvgIpc) is 2.66. The first-order chi connectivity index (χ1) is 13.2. The van der Waals surface area contributed by atoms with E-state index in [9.17, 15) is 4.79 Å². The highest BCUT2D eigenvalue weighted by molar-refractivity contribution is 6.78. The second kappa shape index (κ2) is 9.95. The highest BCUT2D eigenvalue weighted by Crippen LogP contribution is 2.42. The molecule has 1 unspecified atom stereocenters. The Morgan fingerprint density at radius 1 is 0.857 bits per heavy atom. The van der Waals surface area contributed by atoms with Gasteiger partial charge in [0.2, 0.25) is 0 Å². The van der Waals surface area contributed by atoms with Crippen LogP contribution in [0.25, 0.3) is 0 Å². The topological polar surface area (TPSA) is 35.5 Å². The number of ether oxygens (including phenoxy) is 1. The van der Waals surface area contributed by atoms with Crippen molar-refractivity contribution in [2.24, 2.45) is 0 Å². The summed E-state index contributed by atoms with van der Waals surface area (Å²) in [6.07, 6.45) is 5.74. The number of esters is 1. The lowest BCUT2D eigenvalue weighted by Gasteiger charge is -2.42. The lowest BCUT2D eigenvalue weighted by atomic mass is 9.97. The van der Waals surface area contributed by atoms with Crippen LogP contribution in [0.15, 0.2) is 24.3 Å². The fraction of sp³-hybridized carbons (Fsp3) is 0.708. The van der Waals surface area contributed by atoms with E-state index in [1.807, 2.05) is 31.2 Å². The van der Waals surface area contributed by atoms with Crippen LogP contribution in [0.1, 0.15) is 92.1 Å². The van der Waals surface area contributed by atoms with Gasteiger partial charge < -0.3 is 9.16 Å². The van der Waals surface area contributed by atoms with E-state index < -0.39 is 8.32 Å². The van der Waals surface area contributed by atoms with Crippen LogP contribution in [0.4, 0.5) is 0 Å². The van der Waals surface area contributed by atoms with Crippen LogP contribution < -0.4 is 4.43 Å². The van der Waals surface area contributed by atoms with Crippen molar-refractivity contribution in [3.05, 3.63) is 29.8 Å². The Labute approximate surface area is 173 Å². The Hall–Kier alpha value is -1.29. The summed E-state index contributed by atoms with van der Waals surface area (Å²) in [5.41, 5.74) is 2.61. The van der Waals surface area contributed by atoms with E-state index in [1.165, 1.54) is 19.3 Å². The zero-order chi connectivity index (χ0) is 20.9. The summed E-state index contributed by atoms with van der Waals surface area (Å²) in [7, 11) is -1.96. The molecule has 0 amide bonds. The van der Waals surface area contributed by atoms with Crippen molar-refractivity contribution in [2.45, 2.75) is 109 Å². The second-order valence-electron chi connectivity index (χ2n) is 9.41. The van der Waals surface area contributed by atoms with Crippen LogP contribution in [0.3, 0.4) is 0 Å². The molecule has 0 aromatic heterocycles. The van der Waals surface area contributed by atoms with Crippen LogP contribution in [0.5, 0.6) is 5.75 Å². The lowest BCUT2D eigenvalue weighted by molar-refractivity contribution is -0.151. The van der Waals surface area contributed by atoms with Gasteiger partial charge in [-0.15, -0.1) is 0 Å². The third-order valence-corrected chi connectivity index (χ3v) is 12.6. The molecule has 158 valence electrons. The molecule has 0 bridgehead atoms. The molecular formula is C24H40O3Si. The molecule has 4 heteroatoms. The highest BCUT2D eigenvalue weighted by atomic mass is 28.4. The summed E-state index contributed by atoms with van der Waals surface area (Å²) in [4.78, 5) is 12.5. The lowest BCUT2D eigenvalue weighted by Crippen LogP contribution is -2.50. The first-order valence-corrected chi connectivity index (χ1v) is 13.3. The molecule has 0 spiro atoms. The van der Waals surface area contributed by atoms with Crippen LogP contribution in [-0.2, 0) is 9.53 Å². The molecule has 0 N–H and O–H groups in total. The SMILES string of the molecule is CC(C(=O)OC1CCCCC1)c1ccc(O[Si](C(C)C)(C(C)C)C(C)C)cc1. The van der Waals surface area contributed by atoms with Crippen molar-refractivity contribution < 1.29 is 14.0 Å². The first-order valence-electron chi connectivity index (χ1n) is 11.2. The van der Waals surface area contributed by atoms with Gasteiger partial charge in [0.15, 0.2) is 0 Å². The molecule has 0 saturated heterocycles. The third kappa shape index (κ3) is 5.19. The molecule has 1 aliphatic rings. The maximum atomic E-state index is 12.5. The summed E-state index contributed by atoms with van der Waals surface area (Å²) in [6, 6.07) is 8.13. The fourth-order valence-electron chi connectivity index (χ4n) is 4.97. The van der Waals surface area contributed by atoms with E-state index in [0.717, 1.165) is 24.2 Å². The van der Waals surface area contributed by atoms with Crippen molar-refractivity contribution in [3.63, 3.8) is 0 Å². The van der Waals surface area contributed by atoms with Gasteiger partial charge in [-0.3, -0.25) is 4.79 Å². The number of carbonyl (C=O) groups is 1. The maximum absolute atomic E-state index is 12.5. The minimum absolute atomic E-state index is 0.101. The van der Waals surface area contributed by atoms with Crippen LogP contribution in [0, 0.1) is 0 Å². The molecule has 0 radical (unpaired) electrons. The Balaban J connectivity index is 2.08. The van der Waals surface area contributed by atoms with Crippen LogP contribution in [-0.4, -0.2) is 20.4 Å². The van der Waals surface area contributed by atoms with Gasteiger partial charge in [-0.05, 0) is 66.9 Å². The summed E-state index contributed by atoms with van der Waals surface area (Å²) in [5.74, 6) is 0.591. The van der Waals surface area contributed by atoms with Crippen LogP contribution in [0.2, 0.25) is 16.6 Å². The van der Waals surface area contributed by atoms with Crippen molar-refractivity contribution in [3.8, 4) is 5.75 Å². The predicted octanol–water partition coefficient (Wildman–Crippen LogP) is 7.22. The summed E-state index contributed by atoms with van der Waals surface area (Å²) >= 11 is 0. The number of benzene rings is 1. The van der Waals surface area contributed by atoms with E-state index in [-0.39, 0.29) is 18.0 Å². The summed E-state index contributed by atoms with van der Waals surface area (Å²) < 4.78 is 12.5. The summed E-state index contributed by atoms with van der Waals surface area (Å²) in [6.45, 7) is 15.7. The molecule has 0 aliphatic heterocycles. The zero-order valence-electron chi connectivity index (χ0n) is 19.0. The summed E-state index contributed by atoms with van der Waals surface area (Å²) in [5, 5.41) is 0. The van der Waals surface area contributed by atoms with E-state index in [4.69, 9.17) is 9.16 Å². The van der Waals surface area contributed by atoms with Gasteiger partial charge in [-0.2, -0.15) is 0 Å². The number of carbonyl (C=O) groups excluding carboxylic acids is 1. The zero-order valence-corrected chi connectivity index (χ0v) is 20.0. The van der Waals surface area contributed by atoms with E-state index in [0.29, 0.717) is 16.6 Å². The van der Waals surface area contributed by atoms with Crippen molar-refractivity contribution in [2.75, 3.05) is 0 Å². The third-order valence-electron chi connectivity index (χ3n) is 6.57. The Kier molecular flexibility index (Phi) is 8.17. The molecule has 1 aromatic carbocycles. The molecule has 1 aliphatic carbocycles. The van der Waals surface area contributed by atoms with Gasteiger partial charge >= 0.3 is 5.97 Å². The van der Waals surface area contributed by atoms with E-state index in [2.05, 4.69) is 41.5 Å². The van der Waals surface area contributed by atoms with Gasteiger partial charge in [0.25, 0.3) is 8.32 Å². The van der Waals surface area contributed by atoms with Crippen molar-refractivity contribution in [1.29, 1.82) is 0 Å². The molecule has 1 fully saturated rings. The average molecular weight is 405 g/mol. The fourth-order valence-corrected chi connectivity index (χ4v) is 10.2. The molecule has 1 atom stereocenters. The largest absolute Gasteiger partial charge is 0.543 e. The van der Waals surface area contributed by atoms with Gasteiger partial charge in [0.1, 0.15) is 11.9 Å². The van der Waals surface area contributed by atoms with Crippen LogP contribution >= 0.6 is 0 Å². The standard InChI is InChI=1S/C24H40O3Si/c1-17(2)28(18(3)4,19(5)6)27-23-15-13-21(14-16-23)20(7)24(25)26-22-11-9-8-10-12-22/h13-20,22H,8-12H2,1-7H3. The minimum atomic E-state index is -1.96. The minimum Gasteiger partial charge on any atom is -0.543 e. The quantitative estimate of drug-likeness (QED) is 0.339. The molecule has 0 heterocycles. The Bertz CT molecular complexity index is 593. The molecular weight excluding hydrogens is 364 g/mol. The molecule has 28 heavy (non-hydrogen) atoms. The van der Waals surface area contributed by atoms with Crippen molar-refractivity contribution >= 4 is 14.3 Å². The molecule has 3 nitrogen and oxygen atoms in total. The first kappa shape index (κ1) is 23.0. The van der Waals surface area contributed by atoms with E-state index >= 15 is 0 Å². The predicted molar refractivity (Wildman–Crippen MR) is 119 cm³/mol. The molecule has 1 saturated carbocycles. The number of hydrogen-bond donors (Lipinski definition) is 0. The highest BCUT2D eigenvalue weighted by Gasteiger charge is 2.47. The normalized spacial score (nSPS) is 17.2. The van der Waals surface area contributed by atoms with Gasteiger partial charge in [-0.1, -0.05) is 60.1 Å². The van der Waals surface area contributed by atoms with Crippen molar-refractivity contribution in [1.82, 2.24) is 0 Å². The smallest absolute Gasteiger partial charge is 0.313 e.